The fourth-order valence-electron chi connectivity index (χ4n) is 2.79. The Bertz CT molecular complexity index is 790. The lowest BCUT2D eigenvalue weighted by molar-refractivity contribution is 0.353. The molecule has 0 bridgehead atoms. The van der Waals surface area contributed by atoms with Crippen LogP contribution in [0, 0.1) is 0 Å². The third-order valence-electron chi connectivity index (χ3n) is 4.61. The normalized spacial score (nSPS) is 11.6. The van der Waals surface area contributed by atoms with Crippen molar-refractivity contribution < 1.29 is 9.47 Å². The minimum Gasteiger partial charge on any atom is -0.493 e. The van der Waals surface area contributed by atoms with Crippen LogP contribution in [0.25, 0.3) is 0 Å². The van der Waals surface area contributed by atoms with Crippen molar-refractivity contribution in [3.8, 4) is 11.5 Å². The molecule has 0 radical (unpaired) electrons. The number of rotatable bonds is 7. The van der Waals surface area contributed by atoms with Gasteiger partial charge in [0.2, 0.25) is 0 Å². The summed E-state index contributed by atoms with van der Waals surface area (Å²) in [6, 6.07) is 6.02. The molecule has 0 aliphatic heterocycles. The van der Waals surface area contributed by atoms with Crippen molar-refractivity contribution >= 4 is 29.9 Å². The number of guanidine groups is 1. The number of halogens is 1. The Labute approximate surface area is 184 Å². The molecule has 156 valence electrons. The van der Waals surface area contributed by atoms with Crippen LogP contribution < -0.4 is 14.8 Å². The topological polar surface area (TPSA) is 76.8 Å². The lowest BCUT2D eigenvalue weighted by Gasteiger charge is -2.29. The van der Waals surface area contributed by atoms with E-state index in [0.29, 0.717) is 13.1 Å². The summed E-state index contributed by atoms with van der Waals surface area (Å²) in [5.41, 5.74) is 1.01. The van der Waals surface area contributed by atoms with Gasteiger partial charge in [0.05, 0.1) is 20.8 Å². The molecule has 0 atom stereocenters. The zero-order valence-corrected chi connectivity index (χ0v) is 20.0. The van der Waals surface area contributed by atoms with E-state index in [1.165, 1.54) is 0 Å². The molecule has 0 fully saturated rings. The lowest BCUT2D eigenvalue weighted by Crippen LogP contribution is -2.44. The third kappa shape index (κ3) is 5.73. The van der Waals surface area contributed by atoms with Crippen molar-refractivity contribution in [3.05, 3.63) is 35.9 Å². The molecule has 2 rings (SSSR count). The van der Waals surface area contributed by atoms with Crippen molar-refractivity contribution in [2.45, 2.75) is 25.8 Å². The molecule has 9 heteroatoms. The molecular weight excluding hydrogens is 471 g/mol. The van der Waals surface area contributed by atoms with E-state index in [9.17, 15) is 0 Å². The van der Waals surface area contributed by atoms with Gasteiger partial charge < -0.3 is 19.7 Å². The molecule has 1 heterocycles. The molecule has 2 aromatic rings. The minimum atomic E-state index is -0.138. The first-order valence-corrected chi connectivity index (χ1v) is 8.79. The van der Waals surface area contributed by atoms with E-state index < -0.39 is 0 Å². The van der Waals surface area contributed by atoms with Crippen LogP contribution in [0.4, 0.5) is 0 Å². The number of nitrogens with zero attached hydrogens (tertiary/aromatic N) is 5. The van der Waals surface area contributed by atoms with Crippen molar-refractivity contribution in [3.63, 3.8) is 0 Å². The van der Waals surface area contributed by atoms with Gasteiger partial charge >= 0.3 is 0 Å². The van der Waals surface area contributed by atoms with E-state index >= 15 is 0 Å². The molecule has 0 saturated heterocycles. The Balaban J connectivity index is 0.00000392. The highest BCUT2D eigenvalue weighted by Crippen LogP contribution is 2.32. The maximum atomic E-state index is 5.43. The second kappa shape index (κ2) is 10.5. The van der Waals surface area contributed by atoms with Crippen LogP contribution in [-0.4, -0.2) is 60.5 Å². The first-order valence-electron chi connectivity index (χ1n) is 8.79. The number of hydrogen-bond acceptors (Lipinski definition) is 5. The van der Waals surface area contributed by atoms with E-state index in [1.807, 2.05) is 31.1 Å². The van der Waals surface area contributed by atoms with Crippen molar-refractivity contribution in [2.75, 3.05) is 34.9 Å². The fourth-order valence-corrected chi connectivity index (χ4v) is 2.79. The predicted molar refractivity (Wildman–Crippen MR) is 122 cm³/mol. The Kier molecular flexibility index (Phi) is 8.99. The van der Waals surface area contributed by atoms with Gasteiger partial charge in [-0.05, 0) is 17.7 Å². The number of ether oxygens (including phenoxy) is 2. The fraction of sp³-hybridized carbons (Fsp3) is 0.526. The molecule has 0 aliphatic carbocycles. The molecule has 28 heavy (non-hydrogen) atoms. The number of aryl methyl sites for hydroxylation is 1. The van der Waals surface area contributed by atoms with Gasteiger partial charge in [-0.3, -0.25) is 9.67 Å². The van der Waals surface area contributed by atoms with E-state index in [1.54, 1.807) is 32.3 Å². The quantitative estimate of drug-likeness (QED) is 0.356. The van der Waals surface area contributed by atoms with Gasteiger partial charge in [0.25, 0.3) is 0 Å². The van der Waals surface area contributed by atoms with Crippen LogP contribution >= 0.6 is 24.0 Å². The Morgan fingerprint density at radius 3 is 2.46 bits per heavy atom. The minimum absolute atomic E-state index is 0. The van der Waals surface area contributed by atoms with E-state index in [2.05, 4.69) is 40.3 Å². The summed E-state index contributed by atoms with van der Waals surface area (Å²) in [6.07, 6.45) is 1.56. The highest BCUT2D eigenvalue weighted by Gasteiger charge is 2.23. The largest absolute Gasteiger partial charge is 0.493 e. The predicted octanol–water partition coefficient (Wildman–Crippen LogP) is 2.44. The molecule has 1 aromatic heterocycles. The molecule has 0 amide bonds. The molecule has 8 nitrogen and oxygen atoms in total. The number of hydrogen-bond donors (Lipinski definition) is 1. The number of methoxy groups -OCH3 is 2. The third-order valence-corrected chi connectivity index (χ3v) is 4.61. The highest BCUT2D eigenvalue weighted by molar-refractivity contribution is 14.0. The monoisotopic (exact) mass is 502 g/mol. The van der Waals surface area contributed by atoms with Crippen LogP contribution in [0.5, 0.6) is 11.5 Å². The maximum Gasteiger partial charge on any atom is 0.193 e. The molecule has 0 unspecified atom stereocenters. The molecule has 0 aliphatic rings. The van der Waals surface area contributed by atoms with Gasteiger partial charge in [0, 0.05) is 33.1 Å². The summed E-state index contributed by atoms with van der Waals surface area (Å²) in [5.74, 6) is 3.13. The van der Waals surface area contributed by atoms with Gasteiger partial charge in [-0.2, -0.15) is 5.10 Å². The van der Waals surface area contributed by atoms with E-state index in [4.69, 9.17) is 9.47 Å². The molecule has 0 spiro atoms. The van der Waals surface area contributed by atoms with Gasteiger partial charge in [-0.25, -0.2) is 4.98 Å². The Hall–Kier alpha value is -2.04. The Morgan fingerprint density at radius 2 is 1.93 bits per heavy atom. The van der Waals surface area contributed by atoms with Gasteiger partial charge in [0.1, 0.15) is 12.2 Å². The van der Waals surface area contributed by atoms with Crippen molar-refractivity contribution in [1.82, 2.24) is 25.0 Å². The SMILES string of the molecule is CN=C(NCC(C)(C)c1ccc(OC)c(OC)c1)N(C)Cc1ncnn1C.I. The van der Waals surface area contributed by atoms with Crippen molar-refractivity contribution in [2.24, 2.45) is 12.0 Å². The zero-order valence-electron chi connectivity index (χ0n) is 17.7. The summed E-state index contributed by atoms with van der Waals surface area (Å²) in [6.45, 7) is 5.68. The molecule has 0 saturated carbocycles. The lowest BCUT2D eigenvalue weighted by atomic mass is 9.84. The van der Waals surface area contributed by atoms with Gasteiger partial charge in [-0.15, -0.1) is 24.0 Å². The molecular formula is C19H31IN6O2. The van der Waals surface area contributed by atoms with E-state index in [-0.39, 0.29) is 29.4 Å². The molecule has 1 aromatic carbocycles. The number of aromatic nitrogens is 3. The number of aliphatic imine (C=N–C) groups is 1. The van der Waals surface area contributed by atoms with Crippen LogP contribution in [0.2, 0.25) is 0 Å². The molecule has 1 N–H and O–H groups in total. The maximum absolute atomic E-state index is 5.43. The average molecular weight is 502 g/mol. The summed E-state index contributed by atoms with van der Waals surface area (Å²) in [4.78, 5) is 10.7. The van der Waals surface area contributed by atoms with Gasteiger partial charge in [0.15, 0.2) is 17.5 Å². The number of benzene rings is 1. The average Bonchev–Trinajstić information content (AvgIpc) is 3.06. The first kappa shape index (κ1) is 24.0. The second-order valence-electron chi connectivity index (χ2n) is 7.01. The van der Waals surface area contributed by atoms with Crippen molar-refractivity contribution in [1.29, 1.82) is 0 Å². The highest BCUT2D eigenvalue weighted by atomic mass is 127. The smallest absolute Gasteiger partial charge is 0.193 e. The number of nitrogens with one attached hydrogen (secondary N) is 1. The van der Waals surface area contributed by atoms with Crippen LogP contribution in [0.3, 0.4) is 0 Å². The summed E-state index contributed by atoms with van der Waals surface area (Å²) in [5, 5.41) is 7.56. The summed E-state index contributed by atoms with van der Waals surface area (Å²) < 4.78 is 12.5. The van der Waals surface area contributed by atoms with Crippen LogP contribution in [0.1, 0.15) is 25.2 Å². The van der Waals surface area contributed by atoms with Crippen LogP contribution in [-0.2, 0) is 19.0 Å². The summed E-state index contributed by atoms with van der Waals surface area (Å²) >= 11 is 0. The standard InChI is InChI=1S/C19H30N6O2.HI/c1-19(2,14-8-9-15(26-6)16(10-14)27-7)12-21-18(20-3)24(4)11-17-22-13-23-25(17)5;/h8-10,13H,11-12H2,1-7H3,(H,20,21);1H. The van der Waals surface area contributed by atoms with E-state index in [0.717, 1.165) is 28.8 Å². The summed E-state index contributed by atoms with van der Waals surface area (Å²) in [7, 11) is 8.93. The second-order valence-corrected chi connectivity index (χ2v) is 7.01. The van der Waals surface area contributed by atoms with Gasteiger partial charge in [-0.1, -0.05) is 19.9 Å². The van der Waals surface area contributed by atoms with Crippen LogP contribution in [0.15, 0.2) is 29.5 Å². The Morgan fingerprint density at radius 1 is 1.25 bits per heavy atom. The first-order chi connectivity index (χ1) is 12.8. The zero-order chi connectivity index (χ0) is 20.0.